The van der Waals surface area contributed by atoms with Crippen LogP contribution in [0.2, 0.25) is 0 Å². The van der Waals surface area contributed by atoms with Crippen molar-refractivity contribution in [2.24, 2.45) is 5.73 Å². The Balaban J connectivity index is 2.28. The smallest absolute Gasteiger partial charge is 0.123 e. The zero-order chi connectivity index (χ0) is 10.3. The molecule has 3 nitrogen and oxygen atoms in total. The van der Waals surface area contributed by atoms with Crippen LogP contribution >= 0.6 is 0 Å². The summed E-state index contributed by atoms with van der Waals surface area (Å²) >= 11 is 0. The van der Waals surface area contributed by atoms with Gasteiger partial charge < -0.3 is 10.5 Å². The van der Waals surface area contributed by atoms with Crippen molar-refractivity contribution in [2.45, 2.75) is 12.5 Å². The van der Waals surface area contributed by atoms with Crippen LogP contribution in [0.15, 0.2) is 30.5 Å². The zero-order valence-electron chi connectivity index (χ0n) is 8.31. The summed E-state index contributed by atoms with van der Waals surface area (Å²) < 4.78 is 5.59. The maximum Gasteiger partial charge on any atom is 0.123 e. The van der Waals surface area contributed by atoms with Crippen molar-refractivity contribution < 1.29 is 4.74 Å². The average Bonchev–Trinajstić information content (AvgIpc) is 2.29. The molecular weight excluding hydrogens is 188 g/mol. The molecule has 0 bridgehead atoms. The van der Waals surface area contributed by atoms with Crippen LogP contribution in [0.5, 0.6) is 5.75 Å². The fourth-order valence-electron chi connectivity index (χ4n) is 2.06. The molecule has 2 heterocycles. The first-order valence-corrected chi connectivity index (χ1v) is 5.09. The summed E-state index contributed by atoms with van der Waals surface area (Å²) in [5, 5.41) is 1.16. The summed E-state index contributed by atoms with van der Waals surface area (Å²) in [4.78, 5) is 4.32. The predicted octanol–water partition coefficient (Wildman–Crippen LogP) is 1.50. The van der Waals surface area contributed by atoms with E-state index in [-0.39, 0.29) is 6.04 Å². The highest BCUT2D eigenvalue weighted by Gasteiger charge is 2.18. The molecule has 15 heavy (non-hydrogen) atoms. The molecule has 0 unspecified atom stereocenters. The van der Waals surface area contributed by atoms with E-state index >= 15 is 0 Å². The lowest BCUT2D eigenvalue weighted by Crippen LogP contribution is -2.33. The fourth-order valence-corrected chi connectivity index (χ4v) is 2.06. The largest absolute Gasteiger partial charge is 0.492 e. The Kier molecular flexibility index (Phi) is 1.86. The second-order valence-corrected chi connectivity index (χ2v) is 3.89. The number of fused-ring (bicyclic) bond motifs is 3. The highest BCUT2D eigenvalue weighted by Crippen LogP contribution is 2.30. The molecule has 0 aliphatic carbocycles. The number of nitrogens with zero attached hydrogens (tertiary/aromatic N) is 1. The summed E-state index contributed by atoms with van der Waals surface area (Å²) in [6.45, 7) is 0.610. The maximum atomic E-state index is 5.90. The number of hydrogen-bond donors (Lipinski definition) is 1. The van der Waals surface area contributed by atoms with Crippen LogP contribution in [0.4, 0.5) is 0 Å². The van der Waals surface area contributed by atoms with E-state index in [0.717, 1.165) is 23.1 Å². The lowest BCUT2D eigenvalue weighted by Gasteiger charge is -2.23. The van der Waals surface area contributed by atoms with Gasteiger partial charge in [0.25, 0.3) is 0 Å². The van der Waals surface area contributed by atoms with Crippen molar-refractivity contribution in [1.29, 1.82) is 0 Å². The van der Waals surface area contributed by atoms with Crippen LogP contribution in [-0.2, 0) is 6.42 Å². The third-order valence-corrected chi connectivity index (χ3v) is 2.77. The van der Waals surface area contributed by atoms with E-state index in [1.54, 1.807) is 6.20 Å². The van der Waals surface area contributed by atoms with E-state index in [1.165, 1.54) is 5.56 Å². The molecule has 1 aliphatic rings. The molecule has 0 saturated heterocycles. The van der Waals surface area contributed by atoms with Gasteiger partial charge in [0, 0.05) is 23.2 Å². The highest BCUT2D eigenvalue weighted by molar-refractivity contribution is 5.84. The Labute approximate surface area is 87.9 Å². The molecule has 0 amide bonds. The first kappa shape index (κ1) is 8.68. The van der Waals surface area contributed by atoms with Gasteiger partial charge in [0.05, 0.1) is 5.52 Å². The van der Waals surface area contributed by atoms with Gasteiger partial charge in [-0.1, -0.05) is 6.07 Å². The number of benzene rings is 1. The fraction of sp³-hybridized carbons (Fsp3) is 0.250. The second-order valence-electron chi connectivity index (χ2n) is 3.89. The van der Waals surface area contributed by atoms with Crippen molar-refractivity contribution in [2.75, 3.05) is 6.61 Å². The molecule has 2 N–H and O–H groups in total. The van der Waals surface area contributed by atoms with Gasteiger partial charge >= 0.3 is 0 Å². The monoisotopic (exact) mass is 200 g/mol. The molecule has 0 saturated carbocycles. The van der Waals surface area contributed by atoms with Crippen molar-refractivity contribution >= 4 is 10.9 Å². The van der Waals surface area contributed by atoms with E-state index < -0.39 is 0 Å². The lowest BCUT2D eigenvalue weighted by atomic mass is 9.98. The van der Waals surface area contributed by atoms with Crippen molar-refractivity contribution in [3.05, 3.63) is 36.0 Å². The van der Waals surface area contributed by atoms with E-state index in [9.17, 15) is 0 Å². The average molecular weight is 200 g/mol. The van der Waals surface area contributed by atoms with E-state index in [0.29, 0.717) is 6.61 Å². The first-order valence-electron chi connectivity index (χ1n) is 5.09. The number of ether oxygens (including phenoxy) is 1. The molecular formula is C12H12N2O. The quantitative estimate of drug-likeness (QED) is 0.701. The molecule has 1 aliphatic heterocycles. The van der Waals surface area contributed by atoms with Gasteiger partial charge in [-0.2, -0.15) is 0 Å². The van der Waals surface area contributed by atoms with E-state index in [1.807, 2.05) is 18.2 Å². The Bertz CT molecular complexity index is 510. The number of hydrogen-bond acceptors (Lipinski definition) is 3. The summed E-state index contributed by atoms with van der Waals surface area (Å²) in [6.07, 6.45) is 2.68. The Hall–Kier alpha value is -1.61. The van der Waals surface area contributed by atoms with Crippen LogP contribution in [0.25, 0.3) is 10.9 Å². The summed E-state index contributed by atoms with van der Waals surface area (Å²) in [6, 6.07) is 8.09. The minimum atomic E-state index is 0.100. The summed E-state index contributed by atoms with van der Waals surface area (Å²) in [5.41, 5.74) is 8.10. The molecule has 0 radical (unpaired) electrons. The van der Waals surface area contributed by atoms with Crippen molar-refractivity contribution in [3.63, 3.8) is 0 Å². The van der Waals surface area contributed by atoms with E-state index in [4.69, 9.17) is 10.5 Å². The molecule has 76 valence electrons. The topological polar surface area (TPSA) is 48.1 Å². The van der Waals surface area contributed by atoms with Crippen LogP contribution in [0.3, 0.4) is 0 Å². The number of nitrogens with two attached hydrogens (primary N) is 1. The van der Waals surface area contributed by atoms with Gasteiger partial charge in [0.1, 0.15) is 12.4 Å². The second kappa shape index (κ2) is 3.21. The predicted molar refractivity (Wildman–Crippen MR) is 58.9 cm³/mol. The summed E-state index contributed by atoms with van der Waals surface area (Å²) in [5.74, 6) is 0.956. The molecule has 1 atom stereocenters. The molecule has 1 aromatic heterocycles. The SMILES string of the molecule is N[C@H]1COc2ccc3ncccc3c2C1. The molecule has 3 heteroatoms. The normalized spacial score (nSPS) is 19.7. The number of pyridine rings is 1. The van der Waals surface area contributed by atoms with Gasteiger partial charge in [-0.15, -0.1) is 0 Å². The van der Waals surface area contributed by atoms with Gasteiger partial charge in [0.2, 0.25) is 0 Å². The Morgan fingerprint density at radius 3 is 3.20 bits per heavy atom. The van der Waals surface area contributed by atoms with Crippen LogP contribution in [0.1, 0.15) is 5.56 Å². The minimum Gasteiger partial charge on any atom is -0.492 e. The highest BCUT2D eigenvalue weighted by atomic mass is 16.5. The van der Waals surface area contributed by atoms with Gasteiger partial charge in [0.15, 0.2) is 0 Å². The van der Waals surface area contributed by atoms with Crippen LogP contribution in [-0.4, -0.2) is 17.6 Å². The Morgan fingerprint density at radius 1 is 1.33 bits per heavy atom. The van der Waals surface area contributed by atoms with Gasteiger partial charge in [-0.3, -0.25) is 4.98 Å². The standard InChI is InChI=1S/C12H12N2O/c13-8-6-10-9-2-1-5-14-11(9)3-4-12(10)15-7-8/h1-5,8H,6-7,13H2/t8-/m1/s1. The summed E-state index contributed by atoms with van der Waals surface area (Å²) in [7, 11) is 0. The van der Waals surface area contributed by atoms with Crippen molar-refractivity contribution in [3.8, 4) is 5.75 Å². The zero-order valence-corrected chi connectivity index (χ0v) is 8.31. The molecule has 2 aromatic rings. The maximum absolute atomic E-state index is 5.90. The molecule has 1 aromatic carbocycles. The number of aromatic nitrogens is 1. The molecule has 3 rings (SSSR count). The van der Waals surface area contributed by atoms with Crippen LogP contribution < -0.4 is 10.5 Å². The van der Waals surface area contributed by atoms with Gasteiger partial charge in [-0.05, 0) is 24.6 Å². The number of rotatable bonds is 0. The minimum absolute atomic E-state index is 0.100. The van der Waals surface area contributed by atoms with E-state index in [2.05, 4.69) is 11.1 Å². The first-order chi connectivity index (χ1) is 7.34. The van der Waals surface area contributed by atoms with Gasteiger partial charge in [-0.25, -0.2) is 0 Å². The van der Waals surface area contributed by atoms with Crippen molar-refractivity contribution in [1.82, 2.24) is 4.98 Å². The Morgan fingerprint density at radius 2 is 2.27 bits per heavy atom. The molecule has 0 fully saturated rings. The third-order valence-electron chi connectivity index (χ3n) is 2.77. The molecule has 0 spiro atoms. The lowest BCUT2D eigenvalue weighted by molar-refractivity contribution is 0.264. The third kappa shape index (κ3) is 1.36. The van der Waals surface area contributed by atoms with Crippen LogP contribution in [0, 0.1) is 0 Å².